The van der Waals surface area contributed by atoms with Crippen molar-refractivity contribution in [1.29, 1.82) is 0 Å². The molecule has 1 radical (unpaired) electrons. The fraction of sp³-hybridized carbons (Fsp3) is 0.250. The molecular weight excluding hydrogens is 195 g/mol. The molecule has 0 atom stereocenters. The molecule has 0 N–H and O–H groups in total. The quantitative estimate of drug-likeness (QED) is 0.666. The van der Waals surface area contributed by atoms with E-state index in [0.717, 1.165) is 0 Å². The SMILES string of the molecule is Cn1nccc1O[B]Oc1ccnn1C. The van der Waals surface area contributed by atoms with Gasteiger partial charge in [-0.15, -0.1) is 0 Å². The number of nitrogens with zero attached hydrogens (tertiary/aromatic N) is 4. The Morgan fingerprint density at radius 2 is 1.47 bits per heavy atom. The number of hydrogen-bond acceptors (Lipinski definition) is 4. The molecular formula is C8H10BN4O2. The van der Waals surface area contributed by atoms with Crippen LogP contribution in [0, 0.1) is 0 Å². The highest BCUT2D eigenvalue weighted by molar-refractivity contribution is 6.20. The van der Waals surface area contributed by atoms with Gasteiger partial charge in [0.05, 0.1) is 12.4 Å². The maximum Gasteiger partial charge on any atom is 0.660 e. The molecule has 0 saturated heterocycles. The molecule has 0 saturated carbocycles. The van der Waals surface area contributed by atoms with E-state index in [2.05, 4.69) is 10.2 Å². The maximum atomic E-state index is 5.22. The van der Waals surface area contributed by atoms with Gasteiger partial charge in [-0.2, -0.15) is 10.2 Å². The van der Waals surface area contributed by atoms with Crippen molar-refractivity contribution in [3.63, 3.8) is 0 Å². The van der Waals surface area contributed by atoms with E-state index in [-0.39, 0.29) is 0 Å². The largest absolute Gasteiger partial charge is 0.660 e. The van der Waals surface area contributed by atoms with Crippen LogP contribution >= 0.6 is 0 Å². The van der Waals surface area contributed by atoms with Crippen LogP contribution in [0.25, 0.3) is 0 Å². The minimum atomic E-state index is 0.608. The van der Waals surface area contributed by atoms with Gasteiger partial charge in [0.25, 0.3) is 0 Å². The normalized spacial score (nSPS) is 10.0. The highest BCUT2D eigenvalue weighted by Crippen LogP contribution is 2.08. The van der Waals surface area contributed by atoms with Gasteiger partial charge in [-0.25, -0.2) is 9.36 Å². The van der Waals surface area contributed by atoms with Crippen LogP contribution < -0.4 is 9.31 Å². The van der Waals surface area contributed by atoms with Crippen molar-refractivity contribution in [2.75, 3.05) is 0 Å². The lowest BCUT2D eigenvalue weighted by Crippen LogP contribution is -2.14. The smallest absolute Gasteiger partial charge is 0.512 e. The van der Waals surface area contributed by atoms with Crippen LogP contribution in [0.4, 0.5) is 0 Å². The van der Waals surface area contributed by atoms with Crippen molar-refractivity contribution in [2.45, 2.75) is 0 Å². The molecule has 0 aliphatic rings. The first-order valence-corrected chi connectivity index (χ1v) is 4.38. The van der Waals surface area contributed by atoms with Crippen molar-refractivity contribution >= 4 is 7.69 Å². The van der Waals surface area contributed by atoms with Gasteiger partial charge in [0.1, 0.15) is 0 Å². The van der Waals surface area contributed by atoms with E-state index in [4.69, 9.17) is 9.31 Å². The van der Waals surface area contributed by atoms with Crippen LogP contribution in [-0.2, 0) is 14.1 Å². The molecule has 0 aromatic carbocycles. The predicted octanol–water partition coefficient (Wildman–Crippen LogP) is 0.146. The zero-order valence-corrected chi connectivity index (χ0v) is 8.49. The van der Waals surface area contributed by atoms with E-state index in [9.17, 15) is 0 Å². The Morgan fingerprint density at radius 3 is 1.80 bits per heavy atom. The molecule has 0 fully saturated rings. The number of aryl methyl sites for hydroxylation is 2. The van der Waals surface area contributed by atoms with Crippen molar-refractivity contribution < 1.29 is 9.31 Å². The van der Waals surface area contributed by atoms with E-state index in [0.29, 0.717) is 11.8 Å². The van der Waals surface area contributed by atoms with Crippen molar-refractivity contribution in [1.82, 2.24) is 19.6 Å². The first-order valence-electron chi connectivity index (χ1n) is 4.38. The molecule has 0 bridgehead atoms. The van der Waals surface area contributed by atoms with E-state index in [1.165, 1.54) is 7.69 Å². The van der Waals surface area contributed by atoms with E-state index >= 15 is 0 Å². The summed E-state index contributed by atoms with van der Waals surface area (Å²) in [4.78, 5) is 0. The van der Waals surface area contributed by atoms with E-state index in [1.54, 1.807) is 48.0 Å². The number of rotatable bonds is 4. The lowest BCUT2D eigenvalue weighted by Gasteiger charge is -2.05. The summed E-state index contributed by atoms with van der Waals surface area (Å²) in [5, 5.41) is 7.90. The zero-order chi connectivity index (χ0) is 10.7. The highest BCUT2D eigenvalue weighted by Gasteiger charge is 2.06. The lowest BCUT2D eigenvalue weighted by molar-refractivity contribution is 0.408. The Balaban J connectivity index is 1.86. The summed E-state index contributed by atoms with van der Waals surface area (Å²) in [7, 11) is 4.81. The number of hydrogen-bond donors (Lipinski definition) is 0. The van der Waals surface area contributed by atoms with Crippen LogP contribution in [-0.4, -0.2) is 27.2 Å². The van der Waals surface area contributed by atoms with Crippen molar-refractivity contribution in [3.8, 4) is 11.8 Å². The first kappa shape index (κ1) is 9.63. The van der Waals surface area contributed by atoms with Crippen molar-refractivity contribution in [3.05, 3.63) is 24.5 Å². The summed E-state index contributed by atoms with van der Waals surface area (Å²) in [6, 6.07) is 3.48. The van der Waals surface area contributed by atoms with Gasteiger partial charge in [-0.3, -0.25) is 0 Å². The first-order chi connectivity index (χ1) is 7.27. The Morgan fingerprint density at radius 1 is 1.00 bits per heavy atom. The molecule has 2 heterocycles. The molecule has 0 amide bonds. The monoisotopic (exact) mass is 205 g/mol. The molecule has 6 nitrogen and oxygen atoms in total. The molecule has 2 aromatic rings. The molecule has 0 aliphatic heterocycles. The third-order valence-electron chi connectivity index (χ3n) is 1.89. The third kappa shape index (κ3) is 2.12. The van der Waals surface area contributed by atoms with Gasteiger partial charge < -0.3 is 9.31 Å². The van der Waals surface area contributed by atoms with Gasteiger partial charge in [0.15, 0.2) is 11.8 Å². The molecule has 2 aromatic heterocycles. The van der Waals surface area contributed by atoms with E-state index in [1.807, 2.05) is 0 Å². The number of aromatic nitrogens is 4. The standard InChI is InChI=1S/C8H10BN4O2/c1-12-7(3-5-10-12)14-9-15-8-4-6-11-13(8)2/h3-6H,1-2H3. The molecule has 0 aliphatic carbocycles. The molecule has 15 heavy (non-hydrogen) atoms. The fourth-order valence-electron chi connectivity index (χ4n) is 1.08. The van der Waals surface area contributed by atoms with Crippen molar-refractivity contribution in [2.24, 2.45) is 14.1 Å². The van der Waals surface area contributed by atoms with E-state index < -0.39 is 0 Å². The van der Waals surface area contributed by atoms with Crippen LogP contribution in [0.5, 0.6) is 11.8 Å². The Kier molecular flexibility index (Phi) is 2.62. The summed E-state index contributed by atoms with van der Waals surface area (Å²) < 4.78 is 13.6. The third-order valence-corrected chi connectivity index (χ3v) is 1.89. The average Bonchev–Trinajstić information content (AvgIpc) is 2.78. The van der Waals surface area contributed by atoms with Gasteiger partial charge in [-0.05, 0) is 0 Å². The molecule has 77 valence electrons. The van der Waals surface area contributed by atoms with Crippen LogP contribution in [0.2, 0.25) is 0 Å². The summed E-state index contributed by atoms with van der Waals surface area (Å²) in [6.45, 7) is 0. The minimum absolute atomic E-state index is 0.608. The maximum absolute atomic E-state index is 5.22. The highest BCUT2D eigenvalue weighted by atomic mass is 16.6. The summed E-state index contributed by atoms with van der Waals surface area (Å²) >= 11 is 0. The predicted molar refractivity (Wildman–Crippen MR) is 53.4 cm³/mol. The Bertz CT molecular complexity index is 399. The lowest BCUT2D eigenvalue weighted by atomic mass is 10.4. The van der Waals surface area contributed by atoms with Crippen LogP contribution in [0.3, 0.4) is 0 Å². The topological polar surface area (TPSA) is 54.1 Å². The van der Waals surface area contributed by atoms with Gasteiger partial charge in [0, 0.05) is 26.2 Å². The molecule has 2 rings (SSSR count). The minimum Gasteiger partial charge on any atom is -0.512 e. The average molecular weight is 205 g/mol. The summed E-state index contributed by atoms with van der Waals surface area (Å²) in [6.07, 6.45) is 3.29. The fourth-order valence-corrected chi connectivity index (χ4v) is 1.08. The molecule has 0 unspecified atom stereocenters. The summed E-state index contributed by atoms with van der Waals surface area (Å²) in [5.74, 6) is 1.22. The Hall–Kier alpha value is -1.92. The zero-order valence-electron chi connectivity index (χ0n) is 8.49. The van der Waals surface area contributed by atoms with Gasteiger partial charge in [-0.1, -0.05) is 0 Å². The van der Waals surface area contributed by atoms with Crippen LogP contribution in [0.15, 0.2) is 24.5 Å². The Labute approximate surface area is 87.7 Å². The van der Waals surface area contributed by atoms with Gasteiger partial charge in [0.2, 0.25) is 0 Å². The molecule has 7 heteroatoms. The van der Waals surface area contributed by atoms with Crippen LogP contribution in [0.1, 0.15) is 0 Å². The second-order valence-corrected chi connectivity index (χ2v) is 2.92. The molecule has 0 spiro atoms. The second-order valence-electron chi connectivity index (χ2n) is 2.92. The second kappa shape index (κ2) is 4.08. The summed E-state index contributed by atoms with van der Waals surface area (Å²) in [5.41, 5.74) is 0. The van der Waals surface area contributed by atoms with Gasteiger partial charge >= 0.3 is 7.69 Å².